The van der Waals surface area contributed by atoms with Crippen LogP contribution in [0.15, 0.2) is 41.1 Å². The van der Waals surface area contributed by atoms with Gasteiger partial charge in [-0.3, -0.25) is 4.79 Å². The van der Waals surface area contributed by atoms with Crippen molar-refractivity contribution in [2.24, 2.45) is 11.8 Å². The van der Waals surface area contributed by atoms with Crippen molar-refractivity contribution in [2.45, 2.75) is 46.0 Å². The molecule has 0 spiro atoms. The fraction of sp³-hybridized carbons (Fsp3) is 0.500. The van der Waals surface area contributed by atoms with Crippen LogP contribution >= 0.6 is 0 Å². The monoisotopic (exact) mass is 432 g/mol. The molecule has 0 aliphatic carbocycles. The summed E-state index contributed by atoms with van der Waals surface area (Å²) in [6.45, 7) is 7.41. The maximum absolute atomic E-state index is 13.4. The first kappa shape index (κ1) is 21.0. The molecule has 168 valence electrons. The Hall–Kier alpha value is -2.89. The summed E-state index contributed by atoms with van der Waals surface area (Å²) in [4.78, 5) is 26.6. The Balaban J connectivity index is 1.23. The first-order chi connectivity index (χ1) is 15.6. The molecule has 1 unspecified atom stereocenters. The van der Waals surface area contributed by atoms with E-state index in [0.29, 0.717) is 17.5 Å². The average Bonchev–Trinajstić information content (AvgIpc) is 3.13. The van der Waals surface area contributed by atoms with E-state index in [1.54, 1.807) is 6.33 Å². The predicted molar refractivity (Wildman–Crippen MR) is 126 cm³/mol. The average molecular weight is 433 g/mol. The number of amides is 1. The number of furan rings is 1. The number of aromatic nitrogens is 2. The number of aryl methyl sites for hydroxylation is 2. The molecule has 1 amide bonds. The van der Waals surface area contributed by atoms with Crippen molar-refractivity contribution in [1.29, 1.82) is 0 Å². The van der Waals surface area contributed by atoms with Crippen molar-refractivity contribution < 1.29 is 9.21 Å². The summed E-state index contributed by atoms with van der Waals surface area (Å²) in [6.07, 6.45) is 6.84. The molecule has 4 heterocycles. The largest absolute Gasteiger partial charge is 0.443 e. The molecule has 3 aromatic rings. The Morgan fingerprint density at radius 1 is 1.06 bits per heavy atom. The van der Waals surface area contributed by atoms with E-state index in [0.717, 1.165) is 80.8 Å². The van der Waals surface area contributed by atoms with Gasteiger partial charge in [0.05, 0.1) is 11.3 Å². The minimum Gasteiger partial charge on any atom is -0.443 e. The number of nitrogens with zero attached hydrogens (tertiary/aromatic N) is 4. The van der Waals surface area contributed by atoms with Crippen molar-refractivity contribution in [2.75, 3.05) is 31.1 Å². The van der Waals surface area contributed by atoms with E-state index in [1.807, 2.05) is 6.92 Å². The van der Waals surface area contributed by atoms with Gasteiger partial charge in [0, 0.05) is 31.7 Å². The number of piperidine rings is 2. The van der Waals surface area contributed by atoms with Crippen LogP contribution in [0.1, 0.15) is 42.6 Å². The zero-order valence-electron chi connectivity index (χ0n) is 19.1. The minimum atomic E-state index is 0.0349. The lowest BCUT2D eigenvalue weighted by atomic mass is 9.89. The van der Waals surface area contributed by atoms with Crippen molar-refractivity contribution in [1.82, 2.24) is 14.9 Å². The van der Waals surface area contributed by atoms with Crippen LogP contribution < -0.4 is 4.90 Å². The fourth-order valence-corrected chi connectivity index (χ4v) is 5.34. The van der Waals surface area contributed by atoms with E-state index >= 15 is 0 Å². The van der Waals surface area contributed by atoms with Gasteiger partial charge < -0.3 is 14.2 Å². The third kappa shape index (κ3) is 4.10. The molecule has 1 atom stereocenters. The van der Waals surface area contributed by atoms with Gasteiger partial charge in [0.2, 0.25) is 11.6 Å². The molecule has 2 aliphatic heterocycles. The first-order valence-electron chi connectivity index (χ1n) is 11.9. The van der Waals surface area contributed by atoms with Crippen molar-refractivity contribution in [3.05, 3.63) is 53.5 Å². The maximum Gasteiger partial charge on any atom is 0.231 e. The van der Waals surface area contributed by atoms with Crippen LogP contribution in [-0.2, 0) is 11.2 Å². The number of benzene rings is 1. The Bertz CT molecular complexity index is 1090. The van der Waals surface area contributed by atoms with E-state index in [9.17, 15) is 4.79 Å². The van der Waals surface area contributed by atoms with Crippen LogP contribution in [-0.4, -0.2) is 47.0 Å². The number of hydrogen-bond acceptors (Lipinski definition) is 5. The molecule has 0 radical (unpaired) electrons. The molecule has 2 saturated heterocycles. The summed E-state index contributed by atoms with van der Waals surface area (Å²) in [5.74, 6) is 2.81. The molecule has 0 saturated carbocycles. The standard InChI is InChI=1S/C26H32N4O2/c1-18-19(2)32-25-23(18)24(27-17-28-25)30-12-6-9-22(16-30)26(31)29-13-10-21(11-14-29)15-20-7-4-3-5-8-20/h3-5,7-8,17,21-22H,6,9-16H2,1-2H3. The van der Waals surface area contributed by atoms with Gasteiger partial charge in [0.15, 0.2) is 0 Å². The van der Waals surface area contributed by atoms with Crippen LogP contribution in [0.5, 0.6) is 0 Å². The second-order valence-electron chi connectivity index (χ2n) is 9.40. The van der Waals surface area contributed by atoms with Gasteiger partial charge in [-0.25, -0.2) is 9.97 Å². The summed E-state index contributed by atoms with van der Waals surface area (Å²) in [5, 5.41) is 0.986. The fourth-order valence-electron chi connectivity index (χ4n) is 5.34. The van der Waals surface area contributed by atoms with Crippen molar-refractivity contribution in [3.63, 3.8) is 0 Å². The molecule has 32 heavy (non-hydrogen) atoms. The van der Waals surface area contributed by atoms with E-state index in [2.05, 4.69) is 57.0 Å². The molecule has 2 aromatic heterocycles. The highest BCUT2D eigenvalue weighted by molar-refractivity contribution is 5.90. The summed E-state index contributed by atoms with van der Waals surface area (Å²) in [6, 6.07) is 10.7. The van der Waals surface area contributed by atoms with Crippen LogP contribution in [0.2, 0.25) is 0 Å². The lowest BCUT2D eigenvalue weighted by Gasteiger charge is -2.38. The van der Waals surface area contributed by atoms with E-state index in [4.69, 9.17) is 4.42 Å². The first-order valence-corrected chi connectivity index (χ1v) is 11.9. The molecule has 1 aromatic carbocycles. The number of carbonyl (C=O) groups is 1. The number of hydrogen-bond donors (Lipinski definition) is 0. The summed E-state index contributed by atoms with van der Waals surface area (Å²) in [5.41, 5.74) is 3.13. The molecular formula is C26H32N4O2. The molecule has 5 rings (SSSR count). The van der Waals surface area contributed by atoms with Gasteiger partial charge in [0.1, 0.15) is 17.9 Å². The number of likely N-dealkylation sites (tertiary alicyclic amines) is 1. The number of anilines is 1. The van der Waals surface area contributed by atoms with Crippen molar-refractivity contribution >= 4 is 22.8 Å². The number of rotatable bonds is 4. The number of carbonyl (C=O) groups excluding carboxylic acids is 1. The van der Waals surface area contributed by atoms with Crippen LogP contribution in [0, 0.1) is 25.7 Å². The SMILES string of the molecule is Cc1oc2ncnc(N3CCCC(C(=O)N4CCC(Cc5ccccc5)CC4)C3)c2c1C. The molecule has 6 nitrogen and oxygen atoms in total. The molecule has 2 aliphatic rings. The Morgan fingerprint density at radius 2 is 1.84 bits per heavy atom. The Labute approximate surface area is 189 Å². The smallest absolute Gasteiger partial charge is 0.231 e. The second kappa shape index (κ2) is 8.93. The maximum atomic E-state index is 13.4. The molecular weight excluding hydrogens is 400 g/mol. The van der Waals surface area contributed by atoms with Gasteiger partial charge in [-0.05, 0) is 57.4 Å². The third-order valence-electron chi connectivity index (χ3n) is 7.31. The third-order valence-corrected chi connectivity index (χ3v) is 7.31. The van der Waals surface area contributed by atoms with Crippen LogP contribution in [0.25, 0.3) is 11.1 Å². The van der Waals surface area contributed by atoms with E-state index in [1.165, 1.54) is 5.56 Å². The molecule has 2 fully saturated rings. The van der Waals surface area contributed by atoms with Crippen LogP contribution in [0.3, 0.4) is 0 Å². The van der Waals surface area contributed by atoms with Gasteiger partial charge >= 0.3 is 0 Å². The topological polar surface area (TPSA) is 62.5 Å². The van der Waals surface area contributed by atoms with Gasteiger partial charge in [-0.15, -0.1) is 0 Å². The summed E-state index contributed by atoms with van der Waals surface area (Å²) in [7, 11) is 0. The predicted octanol–water partition coefficient (Wildman–Crippen LogP) is 4.54. The Morgan fingerprint density at radius 3 is 2.62 bits per heavy atom. The summed E-state index contributed by atoms with van der Waals surface area (Å²) < 4.78 is 5.80. The minimum absolute atomic E-state index is 0.0349. The molecule has 6 heteroatoms. The highest BCUT2D eigenvalue weighted by atomic mass is 16.3. The molecule has 0 N–H and O–H groups in total. The zero-order valence-corrected chi connectivity index (χ0v) is 19.1. The molecule has 0 bridgehead atoms. The lowest BCUT2D eigenvalue weighted by Crippen LogP contribution is -2.47. The van der Waals surface area contributed by atoms with E-state index < -0.39 is 0 Å². The highest BCUT2D eigenvalue weighted by Gasteiger charge is 2.33. The summed E-state index contributed by atoms with van der Waals surface area (Å²) >= 11 is 0. The van der Waals surface area contributed by atoms with E-state index in [-0.39, 0.29) is 5.92 Å². The van der Waals surface area contributed by atoms with Gasteiger partial charge in [-0.2, -0.15) is 0 Å². The van der Waals surface area contributed by atoms with Crippen molar-refractivity contribution in [3.8, 4) is 0 Å². The Kier molecular flexibility index (Phi) is 5.85. The second-order valence-corrected chi connectivity index (χ2v) is 9.40. The zero-order chi connectivity index (χ0) is 22.1. The number of fused-ring (bicyclic) bond motifs is 1. The van der Waals surface area contributed by atoms with Gasteiger partial charge in [0.25, 0.3) is 0 Å². The van der Waals surface area contributed by atoms with Crippen LogP contribution in [0.4, 0.5) is 5.82 Å². The quantitative estimate of drug-likeness (QED) is 0.606. The highest BCUT2D eigenvalue weighted by Crippen LogP contribution is 2.33. The van der Waals surface area contributed by atoms with Gasteiger partial charge in [-0.1, -0.05) is 30.3 Å². The lowest BCUT2D eigenvalue weighted by molar-refractivity contribution is -0.137. The normalized spacial score (nSPS) is 20.1.